The molecule has 2 atom stereocenters. The lowest BCUT2D eigenvalue weighted by Gasteiger charge is -2.30. The molecule has 0 spiro atoms. The smallest absolute Gasteiger partial charge is 0.326 e. The Morgan fingerprint density at radius 2 is 1.76 bits per heavy atom. The van der Waals surface area contributed by atoms with E-state index in [-0.39, 0.29) is 17.2 Å². The molecular formula is C16H32N2O3. The molecule has 0 aliphatic carbocycles. The van der Waals surface area contributed by atoms with Crippen molar-refractivity contribution in [2.45, 2.75) is 66.3 Å². The van der Waals surface area contributed by atoms with Gasteiger partial charge in [0.1, 0.15) is 6.04 Å². The first-order valence-corrected chi connectivity index (χ1v) is 7.80. The molecule has 0 bridgehead atoms. The lowest BCUT2D eigenvalue weighted by Crippen LogP contribution is -2.41. The van der Waals surface area contributed by atoms with E-state index < -0.39 is 12.0 Å². The van der Waals surface area contributed by atoms with E-state index in [1.54, 1.807) is 0 Å². The molecule has 4 N–H and O–H groups in total. The number of carboxylic acid groups (broad SMARTS) is 1. The van der Waals surface area contributed by atoms with Crippen molar-refractivity contribution in [1.29, 1.82) is 0 Å². The van der Waals surface area contributed by atoms with Gasteiger partial charge in [-0.3, -0.25) is 4.79 Å². The third kappa shape index (κ3) is 8.71. The first-order chi connectivity index (χ1) is 9.57. The largest absolute Gasteiger partial charge is 0.480 e. The minimum Gasteiger partial charge on any atom is -0.480 e. The summed E-state index contributed by atoms with van der Waals surface area (Å²) in [6.07, 6.45) is 2.42. The summed E-state index contributed by atoms with van der Waals surface area (Å²) in [5.41, 5.74) is 5.73. The molecular weight excluding hydrogens is 268 g/mol. The molecule has 0 rings (SSSR count). The van der Waals surface area contributed by atoms with E-state index in [9.17, 15) is 9.59 Å². The standard InChI is InChI=1S/C16H32N2O3/c1-11(2)10-13(15(20)21)18-14(19)7-6-12(8-9-17)16(3,4)5/h11-13H,6-10,17H2,1-5H3,(H,18,19)(H,20,21). The highest BCUT2D eigenvalue weighted by Gasteiger charge is 2.26. The Bertz CT molecular complexity index is 335. The lowest BCUT2D eigenvalue weighted by atomic mass is 9.76. The fraction of sp³-hybridized carbons (Fsp3) is 0.875. The maximum atomic E-state index is 12.0. The summed E-state index contributed by atoms with van der Waals surface area (Å²) >= 11 is 0. The van der Waals surface area contributed by atoms with Gasteiger partial charge in [0.05, 0.1) is 0 Å². The van der Waals surface area contributed by atoms with Crippen LogP contribution in [0.5, 0.6) is 0 Å². The van der Waals surface area contributed by atoms with E-state index >= 15 is 0 Å². The molecule has 0 radical (unpaired) electrons. The van der Waals surface area contributed by atoms with Crippen molar-refractivity contribution in [3.8, 4) is 0 Å². The molecule has 5 nitrogen and oxygen atoms in total. The predicted octanol–water partition coefficient (Wildman–Crippen LogP) is 2.39. The molecule has 21 heavy (non-hydrogen) atoms. The van der Waals surface area contributed by atoms with E-state index in [2.05, 4.69) is 26.1 Å². The molecule has 0 aliphatic rings. The van der Waals surface area contributed by atoms with Gasteiger partial charge in [-0.2, -0.15) is 0 Å². The van der Waals surface area contributed by atoms with Gasteiger partial charge in [0.2, 0.25) is 5.91 Å². The Morgan fingerprint density at radius 3 is 2.14 bits per heavy atom. The number of nitrogens with one attached hydrogen (secondary N) is 1. The van der Waals surface area contributed by atoms with Crippen LogP contribution in [0.15, 0.2) is 0 Å². The average molecular weight is 300 g/mol. The van der Waals surface area contributed by atoms with Crippen molar-refractivity contribution in [1.82, 2.24) is 5.32 Å². The van der Waals surface area contributed by atoms with E-state index in [0.29, 0.717) is 25.3 Å². The van der Waals surface area contributed by atoms with Crippen molar-refractivity contribution < 1.29 is 14.7 Å². The summed E-state index contributed by atoms with van der Waals surface area (Å²) in [6, 6.07) is -0.792. The molecule has 0 heterocycles. The number of carbonyl (C=O) groups is 2. The second-order valence-corrected chi connectivity index (χ2v) is 7.27. The highest BCUT2D eigenvalue weighted by molar-refractivity contribution is 5.83. The Morgan fingerprint density at radius 1 is 1.19 bits per heavy atom. The number of amides is 1. The highest BCUT2D eigenvalue weighted by Crippen LogP contribution is 2.32. The van der Waals surface area contributed by atoms with Gasteiger partial charge in [-0.1, -0.05) is 34.6 Å². The van der Waals surface area contributed by atoms with Crippen LogP contribution in [0.4, 0.5) is 0 Å². The SMILES string of the molecule is CC(C)CC(NC(=O)CCC(CCN)C(C)(C)C)C(=O)O. The third-order valence-corrected chi connectivity index (χ3v) is 3.80. The summed E-state index contributed by atoms with van der Waals surface area (Å²) in [6.45, 7) is 10.9. The summed E-state index contributed by atoms with van der Waals surface area (Å²) in [5.74, 6) is -0.562. The molecule has 0 saturated carbocycles. The quantitative estimate of drug-likeness (QED) is 0.609. The van der Waals surface area contributed by atoms with Crippen LogP contribution in [-0.4, -0.2) is 29.6 Å². The number of rotatable bonds is 9. The van der Waals surface area contributed by atoms with Gasteiger partial charge >= 0.3 is 5.97 Å². The number of nitrogens with two attached hydrogens (primary N) is 1. The second kappa shape index (κ2) is 9.03. The van der Waals surface area contributed by atoms with Crippen molar-refractivity contribution >= 4 is 11.9 Å². The van der Waals surface area contributed by atoms with Crippen LogP contribution < -0.4 is 11.1 Å². The Kier molecular flexibility index (Phi) is 8.55. The molecule has 0 fully saturated rings. The maximum Gasteiger partial charge on any atom is 0.326 e. The number of hydrogen-bond donors (Lipinski definition) is 3. The summed E-state index contributed by atoms with van der Waals surface area (Å²) in [4.78, 5) is 23.1. The zero-order chi connectivity index (χ0) is 16.6. The molecule has 2 unspecified atom stereocenters. The number of carbonyl (C=O) groups excluding carboxylic acids is 1. The average Bonchev–Trinajstić information content (AvgIpc) is 2.31. The Balaban J connectivity index is 4.43. The van der Waals surface area contributed by atoms with E-state index in [1.807, 2.05) is 13.8 Å². The van der Waals surface area contributed by atoms with Crippen LogP contribution in [0.2, 0.25) is 0 Å². The lowest BCUT2D eigenvalue weighted by molar-refractivity contribution is -0.142. The molecule has 0 aromatic rings. The monoisotopic (exact) mass is 300 g/mol. The topological polar surface area (TPSA) is 92.4 Å². The van der Waals surface area contributed by atoms with Crippen molar-refractivity contribution in [2.75, 3.05) is 6.54 Å². The van der Waals surface area contributed by atoms with Crippen LogP contribution >= 0.6 is 0 Å². The normalized spacial score (nSPS) is 14.8. The summed E-state index contributed by atoms with van der Waals surface area (Å²) < 4.78 is 0. The second-order valence-electron chi connectivity index (χ2n) is 7.27. The molecule has 0 aromatic carbocycles. The highest BCUT2D eigenvalue weighted by atomic mass is 16.4. The number of carboxylic acids is 1. The van der Waals surface area contributed by atoms with Crippen LogP contribution in [0.1, 0.15) is 60.3 Å². The fourth-order valence-corrected chi connectivity index (χ4v) is 2.48. The van der Waals surface area contributed by atoms with E-state index in [1.165, 1.54) is 0 Å². The maximum absolute atomic E-state index is 12.0. The molecule has 0 aliphatic heterocycles. The first-order valence-electron chi connectivity index (χ1n) is 7.80. The van der Waals surface area contributed by atoms with Gasteiger partial charge in [-0.25, -0.2) is 4.79 Å². The molecule has 0 aromatic heterocycles. The van der Waals surface area contributed by atoms with Crippen molar-refractivity contribution in [3.63, 3.8) is 0 Å². The van der Waals surface area contributed by atoms with Crippen LogP contribution in [0.25, 0.3) is 0 Å². The predicted molar refractivity (Wildman–Crippen MR) is 84.9 cm³/mol. The van der Waals surface area contributed by atoms with Crippen LogP contribution in [-0.2, 0) is 9.59 Å². The van der Waals surface area contributed by atoms with Gasteiger partial charge in [0.15, 0.2) is 0 Å². The number of aliphatic carboxylic acids is 1. The van der Waals surface area contributed by atoms with Crippen molar-refractivity contribution in [3.05, 3.63) is 0 Å². The van der Waals surface area contributed by atoms with Crippen molar-refractivity contribution in [2.24, 2.45) is 23.0 Å². The van der Waals surface area contributed by atoms with Gasteiger partial charge in [0, 0.05) is 6.42 Å². The molecule has 1 amide bonds. The van der Waals surface area contributed by atoms with Crippen LogP contribution in [0, 0.1) is 17.3 Å². The fourth-order valence-electron chi connectivity index (χ4n) is 2.48. The van der Waals surface area contributed by atoms with Crippen LogP contribution in [0.3, 0.4) is 0 Å². The van der Waals surface area contributed by atoms with Gasteiger partial charge in [-0.15, -0.1) is 0 Å². The zero-order valence-corrected chi connectivity index (χ0v) is 14.1. The third-order valence-electron chi connectivity index (χ3n) is 3.80. The molecule has 5 heteroatoms. The van der Waals surface area contributed by atoms with E-state index in [0.717, 1.165) is 12.8 Å². The minimum absolute atomic E-state index is 0.101. The van der Waals surface area contributed by atoms with Gasteiger partial charge in [-0.05, 0) is 43.1 Å². The molecule has 0 saturated heterocycles. The Labute approximate surface area is 128 Å². The summed E-state index contributed by atoms with van der Waals surface area (Å²) in [5, 5.41) is 11.8. The summed E-state index contributed by atoms with van der Waals surface area (Å²) in [7, 11) is 0. The molecule has 124 valence electrons. The zero-order valence-electron chi connectivity index (χ0n) is 14.1. The number of hydrogen-bond acceptors (Lipinski definition) is 3. The van der Waals surface area contributed by atoms with E-state index in [4.69, 9.17) is 10.8 Å². The van der Waals surface area contributed by atoms with Gasteiger partial charge in [0.25, 0.3) is 0 Å². The van der Waals surface area contributed by atoms with Gasteiger partial charge < -0.3 is 16.2 Å². The first kappa shape index (κ1) is 19.9. The Hall–Kier alpha value is -1.10. The minimum atomic E-state index is -0.966.